The first-order valence-electron chi connectivity index (χ1n) is 8.84. The summed E-state index contributed by atoms with van der Waals surface area (Å²) in [4.78, 5) is 8.21. The van der Waals surface area contributed by atoms with Crippen LogP contribution in [-0.2, 0) is 16.4 Å². The molecule has 9 heteroatoms. The van der Waals surface area contributed by atoms with Crippen LogP contribution in [0.15, 0.2) is 91.9 Å². The summed E-state index contributed by atoms with van der Waals surface area (Å²) in [6.45, 7) is 0.286. The minimum atomic E-state index is -4.05. The Bertz CT molecular complexity index is 1260. The molecule has 0 aliphatic heterocycles. The highest BCUT2D eigenvalue weighted by Crippen LogP contribution is 2.33. The van der Waals surface area contributed by atoms with E-state index in [1.165, 1.54) is 12.1 Å². The molecule has 0 radical (unpaired) electrons. The summed E-state index contributed by atoms with van der Waals surface area (Å²) in [6, 6.07) is 15.3. The number of sulfone groups is 1. The van der Waals surface area contributed by atoms with Crippen LogP contribution in [-0.4, -0.2) is 18.4 Å². The van der Waals surface area contributed by atoms with E-state index in [-0.39, 0.29) is 28.2 Å². The van der Waals surface area contributed by atoms with Crippen molar-refractivity contribution in [3.63, 3.8) is 0 Å². The molecule has 0 unspecified atom stereocenters. The third kappa shape index (κ3) is 4.27. The number of pyridine rings is 1. The molecule has 0 aliphatic carbocycles. The average Bonchev–Trinajstić information content (AvgIpc) is 3.19. The van der Waals surface area contributed by atoms with E-state index in [1.807, 2.05) is 6.07 Å². The minimum Gasteiger partial charge on any atom is -0.419 e. The first-order valence-corrected chi connectivity index (χ1v) is 11.1. The van der Waals surface area contributed by atoms with Gasteiger partial charge in [-0.05, 0) is 60.2 Å². The Morgan fingerprint density at radius 3 is 2.43 bits per heavy atom. The molecule has 6 nitrogen and oxygen atoms in total. The highest BCUT2D eigenvalue weighted by molar-refractivity contribution is 9.10. The fourth-order valence-corrected chi connectivity index (χ4v) is 4.27. The van der Waals surface area contributed by atoms with Crippen LogP contribution >= 0.6 is 15.9 Å². The summed E-state index contributed by atoms with van der Waals surface area (Å²) in [5.41, 5.74) is 1.45. The molecule has 152 valence electrons. The van der Waals surface area contributed by atoms with E-state index in [0.717, 1.165) is 22.2 Å². The molecule has 1 N–H and O–H groups in total. The lowest BCUT2D eigenvalue weighted by molar-refractivity contribution is 0.576. The summed E-state index contributed by atoms with van der Waals surface area (Å²) < 4.78 is 46.3. The van der Waals surface area contributed by atoms with Crippen LogP contribution in [0.3, 0.4) is 0 Å². The number of hydrogen-bond acceptors (Lipinski definition) is 6. The van der Waals surface area contributed by atoms with Gasteiger partial charge in [0.1, 0.15) is 5.82 Å². The highest BCUT2D eigenvalue weighted by atomic mass is 79.9. The molecule has 30 heavy (non-hydrogen) atoms. The van der Waals surface area contributed by atoms with Crippen molar-refractivity contribution in [2.24, 2.45) is 0 Å². The van der Waals surface area contributed by atoms with Crippen molar-refractivity contribution >= 4 is 31.7 Å². The van der Waals surface area contributed by atoms with Crippen LogP contribution in [0.1, 0.15) is 5.56 Å². The zero-order chi connectivity index (χ0) is 21.1. The second kappa shape index (κ2) is 8.37. The van der Waals surface area contributed by atoms with E-state index in [0.29, 0.717) is 5.56 Å². The maximum absolute atomic E-state index is 13.3. The normalized spacial score (nSPS) is 11.4. The molecule has 0 spiro atoms. The first kappa shape index (κ1) is 20.2. The van der Waals surface area contributed by atoms with Crippen LogP contribution in [0.2, 0.25) is 0 Å². The Hall–Kier alpha value is -3.04. The van der Waals surface area contributed by atoms with Gasteiger partial charge in [-0.2, -0.15) is 4.98 Å². The lowest BCUT2D eigenvalue weighted by atomic mass is 10.2. The number of halogens is 2. The van der Waals surface area contributed by atoms with Gasteiger partial charge in [0.2, 0.25) is 26.6 Å². The molecule has 0 saturated carbocycles. The fraction of sp³-hybridized carbons (Fsp3) is 0.0476. The van der Waals surface area contributed by atoms with Gasteiger partial charge in [0.15, 0.2) is 0 Å². The van der Waals surface area contributed by atoms with Crippen LogP contribution in [0.4, 0.5) is 10.3 Å². The second-order valence-electron chi connectivity index (χ2n) is 6.33. The third-order valence-corrected chi connectivity index (χ3v) is 6.45. The molecule has 2 aromatic heterocycles. The Balaban J connectivity index is 1.76. The van der Waals surface area contributed by atoms with Gasteiger partial charge in [0, 0.05) is 29.0 Å². The molecule has 4 rings (SSSR count). The molecule has 4 aromatic rings. The quantitative estimate of drug-likeness (QED) is 0.381. The zero-order valence-corrected chi connectivity index (χ0v) is 17.8. The molecular weight excluding hydrogens is 473 g/mol. The van der Waals surface area contributed by atoms with E-state index in [2.05, 4.69) is 31.2 Å². The van der Waals surface area contributed by atoms with Crippen molar-refractivity contribution in [1.29, 1.82) is 0 Å². The molecular formula is C21H15BrFN3O3S. The van der Waals surface area contributed by atoms with Gasteiger partial charge >= 0.3 is 0 Å². The van der Waals surface area contributed by atoms with Gasteiger partial charge in [-0.1, -0.05) is 22.0 Å². The minimum absolute atomic E-state index is 0.00102. The Labute approximate surface area is 180 Å². The van der Waals surface area contributed by atoms with Crippen molar-refractivity contribution in [1.82, 2.24) is 9.97 Å². The Morgan fingerprint density at radius 1 is 1.03 bits per heavy atom. The molecule has 0 atom stereocenters. The number of hydrogen-bond donors (Lipinski definition) is 1. The summed E-state index contributed by atoms with van der Waals surface area (Å²) in [7, 11) is -4.05. The fourth-order valence-electron chi connectivity index (χ4n) is 2.73. The molecule has 0 amide bonds. The predicted molar refractivity (Wildman–Crippen MR) is 113 cm³/mol. The van der Waals surface area contributed by atoms with Crippen LogP contribution in [0, 0.1) is 5.82 Å². The van der Waals surface area contributed by atoms with Gasteiger partial charge in [0.25, 0.3) is 0 Å². The van der Waals surface area contributed by atoms with E-state index < -0.39 is 15.7 Å². The van der Waals surface area contributed by atoms with Crippen molar-refractivity contribution < 1.29 is 17.2 Å². The van der Waals surface area contributed by atoms with Crippen LogP contribution in [0.25, 0.3) is 11.5 Å². The van der Waals surface area contributed by atoms with Crippen molar-refractivity contribution in [2.45, 2.75) is 16.5 Å². The molecule has 2 heterocycles. The smallest absolute Gasteiger partial charge is 0.234 e. The standard InChI is InChI=1S/C21H15BrFN3O3S/c22-16-5-3-15(4-6-16)19-26-21(30(27,28)18-9-7-17(23)8-10-18)20(29-19)25-13-14-2-1-11-24-12-14/h1-12,25H,13H2. The van der Waals surface area contributed by atoms with Crippen LogP contribution in [0.5, 0.6) is 0 Å². The van der Waals surface area contributed by atoms with E-state index in [1.54, 1.807) is 42.7 Å². The molecule has 0 fully saturated rings. The maximum Gasteiger partial charge on any atom is 0.234 e. The van der Waals surface area contributed by atoms with Gasteiger partial charge in [-0.3, -0.25) is 4.98 Å². The monoisotopic (exact) mass is 487 g/mol. The number of rotatable bonds is 6. The summed E-state index contributed by atoms with van der Waals surface area (Å²) in [5.74, 6) is -0.377. The SMILES string of the molecule is O=S(=O)(c1ccc(F)cc1)c1nc(-c2ccc(Br)cc2)oc1NCc1cccnc1. The lowest BCUT2D eigenvalue weighted by Crippen LogP contribution is -2.07. The number of nitrogens with zero attached hydrogens (tertiary/aromatic N) is 2. The second-order valence-corrected chi connectivity index (χ2v) is 9.11. The largest absolute Gasteiger partial charge is 0.419 e. The van der Waals surface area contributed by atoms with E-state index in [4.69, 9.17) is 4.42 Å². The topological polar surface area (TPSA) is 85.1 Å². The summed E-state index contributed by atoms with van der Waals surface area (Å²) >= 11 is 3.36. The molecule has 0 aliphatic rings. The van der Waals surface area contributed by atoms with Gasteiger partial charge in [-0.25, -0.2) is 12.8 Å². The zero-order valence-electron chi connectivity index (χ0n) is 15.4. The summed E-state index contributed by atoms with van der Waals surface area (Å²) in [5, 5.41) is 2.72. The first-order chi connectivity index (χ1) is 14.4. The highest BCUT2D eigenvalue weighted by Gasteiger charge is 2.28. The number of aromatic nitrogens is 2. The Morgan fingerprint density at radius 2 is 1.77 bits per heavy atom. The van der Waals surface area contributed by atoms with Crippen molar-refractivity contribution in [3.8, 4) is 11.5 Å². The molecule has 0 bridgehead atoms. The Kier molecular flexibility index (Phi) is 5.65. The van der Waals surface area contributed by atoms with Gasteiger partial charge < -0.3 is 9.73 Å². The number of anilines is 1. The third-order valence-electron chi connectivity index (χ3n) is 4.24. The van der Waals surface area contributed by atoms with E-state index >= 15 is 0 Å². The number of nitrogens with one attached hydrogen (secondary N) is 1. The van der Waals surface area contributed by atoms with Crippen molar-refractivity contribution in [3.05, 3.63) is 88.9 Å². The van der Waals surface area contributed by atoms with Gasteiger partial charge in [0.05, 0.1) is 4.90 Å². The van der Waals surface area contributed by atoms with Gasteiger partial charge in [-0.15, -0.1) is 0 Å². The lowest BCUT2D eigenvalue weighted by Gasteiger charge is -2.06. The predicted octanol–water partition coefficient (Wildman–Crippen LogP) is 5.08. The molecule has 2 aromatic carbocycles. The average molecular weight is 488 g/mol. The van der Waals surface area contributed by atoms with E-state index in [9.17, 15) is 12.8 Å². The molecule has 0 saturated heterocycles. The summed E-state index contributed by atoms with van der Waals surface area (Å²) in [6.07, 6.45) is 3.31. The number of oxazole rings is 1. The van der Waals surface area contributed by atoms with Crippen LogP contribution < -0.4 is 5.32 Å². The number of benzene rings is 2. The maximum atomic E-state index is 13.3. The van der Waals surface area contributed by atoms with Crippen molar-refractivity contribution in [2.75, 3.05) is 5.32 Å².